The maximum absolute atomic E-state index is 2.49. The molecule has 0 bridgehead atoms. The van der Waals surface area contributed by atoms with Crippen LogP contribution in [0.15, 0.2) is 41.0 Å². The van der Waals surface area contributed by atoms with Crippen LogP contribution in [-0.4, -0.2) is 0 Å². The van der Waals surface area contributed by atoms with Crippen molar-refractivity contribution in [1.82, 2.24) is 0 Å². The summed E-state index contributed by atoms with van der Waals surface area (Å²) >= 11 is -0.613. The fourth-order valence-corrected chi connectivity index (χ4v) is 7.75. The van der Waals surface area contributed by atoms with E-state index in [0.717, 1.165) is 0 Å². The first-order valence-corrected chi connectivity index (χ1v) is 9.95. The summed E-state index contributed by atoms with van der Waals surface area (Å²) in [6, 6.07) is 0. The average Bonchev–Trinajstić information content (AvgIpc) is 2.85. The van der Waals surface area contributed by atoms with Crippen molar-refractivity contribution in [2.45, 2.75) is 54.4 Å². The van der Waals surface area contributed by atoms with Crippen molar-refractivity contribution < 1.29 is 48.0 Å². The normalized spacial score (nSPS) is 17.7. The van der Waals surface area contributed by atoms with Gasteiger partial charge in [-0.3, -0.25) is 0 Å². The first-order valence-electron chi connectivity index (χ1n) is 7.49. The summed E-state index contributed by atoms with van der Waals surface area (Å²) in [5, 5.41) is 0. The van der Waals surface area contributed by atoms with Crippen LogP contribution in [0.4, 0.5) is 0 Å². The molecule has 0 aromatic heterocycles. The molecule has 116 valence electrons. The summed E-state index contributed by atoms with van der Waals surface area (Å²) < 4.78 is 3.59. The van der Waals surface area contributed by atoms with Crippen molar-refractivity contribution in [2.24, 2.45) is 11.8 Å². The second-order valence-corrected chi connectivity index (χ2v) is 9.54. The number of halogens is 2. The van der Waals surface area contributed by atoms with Gasteiger partial charge in [0.25, 0.3) is 0 Å². The summed E-state index contributed by atoms with van der Waals surface area (Å²) in [5.41, 5.74) is 6.65. The van der Waals surface area contributed by atoms with Gasteiger partial charge in [-0.05, 0) is 0 Å². The van der Waals surface area contributed by atoms with E-state index in [2.05, 4.69) is 53.7 Å². The fraction of sp³-hybridized carbons (Fsp3) is 0.556. The van der Waals surface area contributed by atoms with Crippen LogP contribution in [0.1, 0.15) is 54.4 Å². The van der Waals surface area contributed by atoms with Crippen molar-refractivity contribution in [3.63, 3.8) is 0 Å². The Bertz CT molecular complexity index is 459. The molecule has 0 heterocycles. The Morgan fingerprint density at radius 3 is 1.38 bits per heavy atom. The summed E-state index contributed by atoms with van der Waals surface area (Å²) in [7, 11) is 0. The van der Waals surface area contributed by atoms with Crippen LogP contribution in [-0.2, 0) is 23.2 Å². The molecule has 2 aliphatic rings. The van der Waals surface area contributed by atoms with E-state index in [1.807, 2.05) is 0 Å². The Balaban J connectivity index is 0.00000200. The average molecular weight is 405 g/mol. The zero-order chi connectivity index (χ0) is 14.2. The van der Waals surface area contributed by atoms with Gasteiger partial charge in [0.05, 0.1) is 0 Å². The standard InChI is InChI=1S/2C9H13.2ClH.Zr/c2*1-7(2)9-5-4-8(3)6-9;;;/h2*5,7H,4H2,1-3H3;2*1H;/q;;;;+2/p-2. The molecular weight excluding hydrogens is 378 g/mol. The molecule has 2 rings (SSSR count). The predicted molar refractivity (Wildman–Crippen MR) is 80.5 cm³/mol. The van der Waals surface area contributed by atoms with Crippen LogP contribution in [0.5, 0.6) is 0 Å². The Morgan fingerprint density at radius 1 is 0.762 bits per heavy atom. The number of hydrogen-bond acceptors (Lipinski definition) is 0. The van der Waals surface area contributed by atoms with Crippen molar-refractivity contribution in [2.75, 3.05) is 0 Å². The van der Waals surface area contributed by atoms with E-state index >= 15 is 0 Å². The van der Waals surface area contributed by atoms with Gasteiger partial charge in [0.1, 0.15) is 0 Å². The molecule has 0 aliphatic heterocycles. The third-order valence-corrected chi connectivity index (χ3v) is 8.93. The Kier molecular flexibility index (Phi) is 9.08. The summed E-state index contributed by atoms with van der Waals surface area (Å²) in [6.07, 6.45) is 7.38. The van der Waals surface area contributed by atoms with Gasteiger partial charge in [-0.15, -0.1) is 0 Å². The van der Waals surface area contributed by atoms with Crippen LogP contribution in [0.2, 0.25) is 0 Å². The summed E-state index contributed by atoms with van der Waals surface area (Å²) in [5.74, 6) is 1.39. The molecule has 0 aromatic rings. The maximum Gasteiger partial charge on any atom is -1.00 e. The fourth-order valence-electron chi connectivity index (χ4n) is 2.96. The molecule has 0 saturated carbocycles. The Hall–Kier alpha value is 0.423. The molecule has 0 radical (unpaired) electrons. The molecule has 0 unspecified atom stereocenters. The first kappa shape index (κ1) is 21.4. The summed E-state index contributed by atoms with van der Waals surface area (Å²) in [4.78, 5) is 0. The van der Waals surface area contributed by atoms with Gasteiger partial charge in [0.2, 0.25) is 0 Å². The predicted octanol–water partition coefficient (Wildman–Crippen LogP) is -0.403. The van der Waals surface area contributed by atoms with E-state index in [9.17, 15) is 0 Å². The molecule has 0 nitrogen and oxygen atoms in total. The van der Waals surface area contributed by atoms with Gasteiger partial charge in [0, 0.05) is 0 Å². The third-order valence-electron chi connectivity index (χ3n) is 4.18. The van der Waals surface area contributed by atoms with Crippen molar-refractivity contribution in [1.29, 1.82) is 0 Å². The maximum atomic E-state index is 2.49. The molecule has 0 amide bonds. The van der Waals surface area contributed by atoms with Crippen molar-refractivity contribution >= 4 is 0 Å². The number of hydrogen-bond donors (Lipinski definition) is 0. The first-order chi connectivity index (χ1) is 8.91. The van der Waals surface area contributed by atoms with Crippen LogP contribution in [0, 0.1) is 11.8 Å². The van der Waals surface area contributed by atoms with E-state index in [-0.39, 0.29) is 24.8 Å². The smallest absolute Gasteiger partial charge is 1.00 e. The minimum atomic E-state index is -0.613. The van der Waals surface area contributed by atoms with Gasteiger partial charge in [0.15, 0.2) is 0 Å². The second kappa shape index (κ2) is 8.90. The quantitative estimate of drug-likeness (QED) is 0.598. The minimum Gasteiger partial charge on any atom is -1.00 e. The molecular formula is C18H26Cl2Zr. The van der Waals surface area contributed by atoms with Crippen LogP contribution in [0.3, 0.4) is 0 Å². The molecule has 0 fully saturated rings. The molecule has 3 heteroatoms. The molecule has 0 saturated heterocycles. The van der Waals surface area contributed by atoms with Gasteiger partial charge in [-0.25, -0.2) is 0 Å². The number of rotatable bonds is 4. The van der Waals surface area contributed by atoms with Gasteiger partial charge in [-0.2, -0.15) is 0 Å². The molecule has 0 atom stereocenters. The van der Waals surface area contributed by atoms with Crippen LogP contribution >= 0.6 is 0 Å². The van der Waals surface area contributed by atoms with Crippen LogP contribution in [0.25, 0.3) is 0 Å². The third kappa shape index (κ3) is 4.70. The minimum absolute atomic E-state index is 0. The zero-order valence-corrected chi connectivity index (χ0v) is 17.9. The van der Waals surface area contributed by atoms with Crippen molar-refractivity contribution in [3.8, 4) is 0 Å². The van der Waals surface area contributed by atoms with Gasteiger partial charge < -0.3 is 24.8 Å². The zero-order valence-electron chi connectivity index (χ0n) is 14.0. The monoisotopic (exact) mass is 402 g/mol. The van der Waals surface area contributed by atoms with E-state index in [1.54, 1.807) is 28.9 Å². The largest absolute Gasteiger partial charge is 1.00 e. The molecule has 0 N–H and O–H groups in total. The topological polar surface area (TPSA) is 0 Å². The van der Waals surface area contributed by atoms with Crippen molar-refractivity contribution in [3.05, 3.63) is 41.0 Å². The van der Waals surface area contributed by atoms with E-state index in [1.165, 1.54) is 12.8 Å². The molecule has 21 heavy (non-hydrogen) atoms. The SMILES string of the molecule is CC1=[C]([Zr+2][C]2=C(C)CC=C2C(C)C)C(C(C)C)=CC1.[Cl-].[Cl-]. The molecule has 2 aliphatic carbocycles. The van der Waals surface area contributed by atoms with Gasteiger partial charge in [-0.1, -0.05) is 0 Å². The Labute approximate surface area is 154 Å². The molecule has 0 spiro atoms. The van der Waals surface area contributed by atoms with E-state index in [0.29, 0.717) is 11.8 Å². The van der Waals surface area contributed by atoms with Gasteiger partial charge >= 0.3 is 130 Å². The van der Waals surface area contributed by atoms with Crippen LogP contribution < -0.4 is 24.8 Å². The Morgan fingerprint density at radius 2 is 1.10 bits per heavy atom. The van der Waals surface area contributed by atoms with E-state index in [4.69, 9.17) is 0 Å². The summed E-state index contributed by atoms with van der Waals surface area (Å²) in [6.45, 7) is 14.1. The second-order valence-electron chi connectivity index (χ2n) is 6.47. The molecule has 0 aromatic carbocycles. The number of allylic oxidation sites excluding steroid dienone is 8. The van der Waals surface area contributed by atoms with E-state index < -0.39 is 23.2 Å².